The molecule has 6 heteroatoms. The van der Waals surface area contributed by atoms with Gasteiger partial charge >= 0.3 is 0 Å². The Balaban J connectivity index is 1.60. The van der Waals surface area contributed by atoms with Gasteiger partial charge in [-0.25, -0.2) is 9.97 Å². The SMILES string of the molecule is CN(c1ccnc(-c2ccc3c(c2)CCC(=O)N3)n1)C1CCNCC1. The average molecular weight is 337 g/mol. The van der Waals surface area contributed by atoms with Gasteiger partial charge in [-0.1, -0.05) is 0 Å². The summed E-state index contributed by atoms with van der Waals surface area (Å²) in [5.41, 5.74) is 3.05. The molecule has 25 heavy (non-hydrogen) atoms. The Hall–Kier alpha value is -2.47. The lowest BCUT2D eigenvalue weighted by Gasteiger charge is -2.32. The predicted molar refractivity (Wildman–Crippen MR) is 98.7 cm³/mol. The maximum atomic E-state index is 11.5. The largest absolute Gasteiger partial charge is 0.356 e. The summed E-state index contributed by atoms with van der Waals surface area (Å²) in [5.74, 6) is 1.78. The molecule has 0 unspecified atom stereocenters. The Kier molecular flexibility index (Phi) is 4.36. The first-order valence-electron chi connectivity index (χ1n) is 8.90. The molecule has 1 saturated heterocycles. The molecule has 2 N–H and O–H groups in total. The van der Waals surface area contributed by atoms with Crippen molar-refractivity contribution in [3.05, 3.63) is 36.0 Å². The van der Waals surface area contributed by atoms with Crippen LogP contribution in [-0.2, 0) is 11.2 Å². The number of rotatable bonds is 3. The molecule has 0 bridgehead atoms. The molecule has 1 amide bonds. The highest BCUT2D eigenvalue weighted by atomic mass is 16.1. The third-order valence-electron chi connectivity index (χ3n) is 5.12. The van der Waals surface area contributed by atoms with Crippen LogP contribution in [0, 0.1) is 0 Å². The van der Waals surface area contributed by atoms with Gasteiger partial charge in [-0.2, -0.15) is 0 Å². The van der Waals surface area contributed by atoms with Crippen molar-refractivity contribution in [2.24, 2.45) is 0 Å². The molecule has 2 aromatic rings. The highest BCUT2D eigenvalue weighted by Gasteiger charge is 2.20. The predicted octanol–water partition coefficient (Wildman–Crippen LogP) is 2.22. The van der Waals surface area contributed by atoms with E-state index in [4.69, 9.17) is 4.98 Å². The molecule has 1 aromatic heterocycles. The van der Waals surface area contributed by atoms with Gasteiger partial charge in [0.1, 0.15) is 5.82 Å². The number of amides is 1. The molecule has 6 nitrogen and oxygen atoms in total. The molecule has 0 aliphatic carbocycles. The van der Waals surface area contributed by atoms with Crippen molar-refractivity contribution in [2.75, 3.05) is 30.4 Å². The number of piperidine rings is 1. The zero-order valence-electron chi connectivity index (χ0n) is 14.5. The summed E-state index contributed by atoms with van der Waals surface area (Å²) in [6.07, 6.45) is 5.40. The Morgan fingerprint density at radius 3 is 2.84 bits per heavy atom. The van der Waals surface area contributed by atoms with Gasteiger partial charge in [0.05, 0.1) is 0 Å². The molecule has 130 valence electrons. The van der Waals surface area contributed by atoms with E-state index in [0.717, 1.165) is 60.8 Å². The monoisotopic (exact) mass is 337 g/mol. The lowest BCUT2D eigenvalue weighted by atomic mass is 10.00. The number of aromatic nitrogens is 2. The summed E-state index contributed by atoms with van der Waals surface area (Å²) >= 11 is 0. The second kappa shape index (κ2) is 6.80. The number of aryl methyl sites for hydroxylation is 1. The number of fused-ring (bicyclic) bond motifs is 1. The van der Waals surface area contributed by atoms with Crippen molar-refractivity contribution in [3.63, 3.8) is 0 Å². The van der Waals surface area contributed by atoms with Crippen LogP contribution in [-0.4, -0.2) is 42.1 Å². The van der Waals surface area contributed by atoms with E-state index in [1.54, 1.807) is 0 Å². The molecule has 0 atom stereocenters. The lowest BCUT2D eigenvalue weighted by Crippen LogP contribution is -2.41. The molecule has 0 saturated carbocycles. The number of carbonyl (C=O) groups is 1. The van der Waals surface area contributed by atoms with E-state index in [0.29, 0.717) is 12.5 Å². The van der Waals surface area contributed by atoms with Crippen LogP contribution >= 0.6 is 0 Å². The van der Waals surface area contributed by atoms with E-state index < -0.39 is 0 Å². The van der Waals surface area contributed by atoms with Crippen LogP contribution in [0.5, 0.6) is 0 Å². The summed E-state index contributed by atoms with van der Waals surface area (Å²) in [5, 5.41) is 6.32. The third kappa shape index (κ3) is 3.35. The number of hydrogen-bond donors (Lipinski definition) is 2. The van der Waals surface area contributed by atoms with Gasteiger partial charge in [0.25, 0.3) is 0 Å². The van der Waals surface area contributed by atoms with Gasteiger partial charge in [0.15, 0.2) is 5.82 Å². The number of anilines is 2. The van der Waals surface area contributed by atoms with Crippen molar-refractivity contribution >= 4 is 17.4 Å². The molecule has 1 fully saturated rings. The highest BCUT2D eigenvalue weighted by molar-refractivity contribution is 5.94. The molecule has 0 spiro atoms. The molecular weight excluding hydrogens is 314 g/mol. The van der Waals surface area contributed by atoms with Crippen LogP contribution in [0.2, 0.25) is 0 Å². The van der Waals surface area contributed by atoms with Crippen molar-refractivity contribution in [1.29, 1.82) is 0 Å². The smallest absolute Gasteiger partial charge is 0.224 e. The Morgan fingerprint density at radius 2 is 2.00 bits per heavy atom. The van der Waals surface area contributed by atoms with E-state index in [9.17, 15) is 4.79 Å². The van der Waals surface area contributed by atoms with Crippen molar-refractivity contribution in [1.82, 2.24) is 15.3 Å². The summed E-state index contributed by atoms with van der Waals surface area (Å²) in [6.45, 7) is 2.12. The minimum atomic E-state index is 0.0853. The quantitative estimate of drug-likeness (QED) is 0.899. The first-order chi connectivity index (χ1) is 12.2. The second-order valence-corrected chi connectivity index (χ2v) is 6.75. The van der Waals surface area contributed by atoms with E-state index >= 15 is 0 Å². The van der Waals surface area contributed by atoms with Gasteiger partial charge in [0.2, 0.25) is 5.91 Å². The Labute approximate surface area is 147 Å². The molecule has 4 rings (SSSR count). The van der Waals surface area contributed by atoms with Gasteiger partial charge in [-0.3, -0.25) is 4.79 Å². The van der Waals surface area contributed by atoms with E-state index in [-0.39, 0.29) is 5.91 Å². The van der Waals surface area contributed by atoms with Gasteiger partial charge in [0, 0.05) is 37.0 Å². The fourth-order valence-corrected chi connectivity index (χ4v) is 3.59. The topological polar surface area (TPSA) is 70.2 Å². The number of benzene rings is 1. The molecule has 0 radical (unpaired) electrons. The Morgan fingerprint density at radius 1 is 1.16 bits per heavy atom. The molecule has 3 heterocycles. The zero-order chi connectivity index (χ0) is 17.2. The van der Waals surface area contributed by atoms with Crippen LogP contribution in [0.4, 0.5) is 11.5 Å². The Bertz CT molecular complexity index is 785. The normalized spacial score (nSPS) is 17.7. The van der Waals surface area contributed by atoms with Crippen LogP contribution in [0.25, 0.3) is 11.4 Å². The molecule has 2 aliphatic heterocycles. The second-order valence-electron chi connectivity index (χ2n) is 6.75. The third-order valence-corrected chi connectivity index (χ3v) is 5.12. The van der Waals surface area contributed by atoms with Crippen molar-refractivity contribution in [2.45, 2.75) is 31.7 Å². The van der Waals surface area contributed by atoms with Gasteiger partial charge in [-0.15, -0.1) is 0 Å². The fraction of sp³-hybridized carbons (Fsp3) is 0.421. The molecule has 2 aliphatic rings. The summed E-state index contributed by atoms with van der Waals surface area (Å²) in [4.78, 5) is 23.0. The maximum absolute atomic E-state index is 11.5. The van der Waals surface area contributed by atoms with Gasteiger partial charge < -0.3 is 15.5 Å². The number of carbonyl (C=O) groups excluding carboxylic acids is 1. The highest BCUT2D eigenvalue weighted by Crippen LogP contribution is 2.28. The zero-order valence-corrected chi connectivity index (χ0v) is 14.5. The first kappa shape index (κ1) is 16.0. The van der Waals surface area contributed by atoms with E-state index in [1.807, 2.05) is 24.4 Å². The summed E-state index contributed by atoms with van der Waals surface area (Å²) in [6, 6.07) is 8.52. The number of hydrogen-bond acceptors (Lipinski definition) is 5. The van der Waals surface area contributed by atoms with Crippen LogP contribution in [0.1, 0.15) is 24.8 Å². The molecule has 1 aromatic carbocycles. The van der Waals surface area contributed by atoms with Crippen molar-refractivity contribution < 1.29 is 4.79 Å². The summed E-state index contributed by atoms with van der Waals surface area (Å²) < 4.78 is 0. The maximum Gasteiger partial charge on any atom is 0.224 e. The first-order valence-corrected chi connectivity index (χ1v) is 8.90. The minimum Gasteiger partial charge on any atom is -0.356 e. The average Bonchev–Trinajstić information content (AvgIpc) is 2.68. The van der Waals surface area contributed by atoms with Crippen LogP contribution in [0.15, 0.2) is 30.5 Å². The lowest BCUT2D eigenvalue weighted by molar-refractivity contribution is -0.116. The van der Waals surface area contributed by atoms with E-state index in [1.165, 1.54) is 0 Å². The van der Waals surface area contributed by atoms with Crippen molar-refractivity contribution in [3.8, 4) is 11.4 Å². The van der Waals surface area contributed by atoms with Crippen LogP contribution < -0.4 is 15.5 Å². The minimum absolute atomic E-state index is 0.0853. The standard InChI is InChI=1S/C19H23N5O/c1-24(15-6-9-20-10-7-15)17-8-11-21-19(23-17)14-2-4-16-13(12-14)3-5-18(25)22-16/h2,4,8,11-12,15,20H,3,5-7,9-10H2,1H3,(H,22,25). The fourth-order valence-electron chi connectivity index (χ4n) is 3.59. The number of nitrogens with one attached hydrogen (secondary N) is 2. The number of nitrogens with zero attached hydrogens (tertiary/aromatic N) is 3. The molecular formula is C19H23N5O. The van der Waals surface area contributed by atoms with Crippen LogP contribution in [0.3, 0.4) is 0 Å². The summed E-state index contributed by atoms with van der Waals surface area (Å²) in [7, 11) is 2.12. The van der Waals surface area contributed by atoms with Gasteiger partial charge in [-0.05, 0) is 62.2 Å². The van der Waals surface area contributed by atoms with E-state index in [2.05, 4.69) is 33.6 Å².